The average Bonchev–Trinajstić information content (AvgIpc) is 2.60. The van der Waals surface area contributed by atoms with Gasteiger partial charge in [0.1, 0.15) is 0 Å². The van der Waals surface area contributed by atoms with Crippen LogP contribution in [0.15, 0.2) is 24.3 Å². The second-order valence-electron chi connectivity index (χ2n) is 8.68. The molecule has 1 aliphatic heterocycles. The van der Waals surface area contributed by atoms with Crippen LogP contribution in [0.5, 0.6) is 0 Å². The van der Waals surface area contributed by atoms with Gasteiger partial charge in [0.2, 0.25) is 0 Å². The zero-order valence-electron chi connectivity index (χ0n) is 16.3. The summed E-state index contributed by atoms with van der Waals surface area (Å²) in [5.74, 6) is 0.809. The molecule has 0 aromatic heterocycles. The Morgan fingerprint density at radius 1 is 1.08 bits per heavy atom. The van der Waals surface area contributed by atoms with E-state index in [2.05, 4.69) is 48.3 Å². The monoisotopic (exact) mass is 358 g/mol. The highest BCUT2D eigenvalue weighted by Crippen LogP contribution is 2.26. The van der Waals surface area contributed by atoms with Gasteiger partial charge in [-0.3, -0.25) is 9.69 Å². The SMILES string of the molecule is CC1CC(C)CN(Cc2ccccc2CNC2CCC(C(=O)O)CC2)C1. The van der Waals surface area contributed by atoms with E-state index in [1.807, 2.05) is 0 Å². The lowest BCUT2D eigenvalue weighted by Gasteiger charge is -2.35. The third kappa shape index (κ3) is 5.31. The number of likely N-dealkylation sites (tertiary alicyclic amines) is 1. The Morgan fingerprint density at radius 3 is 2.31 bits per heavy atom. The summed E-state index contributed by atoms with van der Waals surface area (Å²) in [6.45, 7) is 9.06. The molecule has 4 nitrogen and oxygen atoms in total. The zero-order chi connectivity index (χ0) is 18.5. The van der Waals surface area contributed by atoms with Gasteiger partial charge in [0.25, 0.3) is 0 Å². The van der Waals surface area contributed by atoms with Crippen LogP contribution >= 0.6 is 0 Å². The minimum atomic E-state index is -0.626. The minimum absolute atomic E-state index is 0.136. The molecule has 26 heavy (non-hydrogen) atoms. The summed E-state index contributed by atoms with van der Waals surface area (Å²) in [6, 6.07) is 9.23. The van der Waals surface area contributed by atoms with E-state index < -0.39 is 5.97 Å². The predicted octanol–water partition coefficient (Wildman–Crippen LogP) is 3.90. The molecule has 0 bridgehead atoms. The van der Waals surface area contributed by atoms with Gasteiger partial charge in [-0.1, -0.05) is 38.1 Å². The van der Waals surface area contributed by atoms with Crippen molar-refractivity contribution in [3.63, 3.8) is 0 Å². The van der Waals surface area contributed by atoms with Crippen LogP contribution in [-0.2, 0) is 17.9 Å². The molecule has 1 aliphatic carbocycles. The molecule has 0 amide bonds. The summed E-state index contributed by atoms with van der Waals surface area (Å²) >= 11 is 0. The molecule has 1 saturated heterocycles. The molecule has 0 radical (unpaired) electrons. The van der Waals surface area contributed by atoms with E-state index in [9.17, 15) is 4.79 Å². The molecule has 2 aliphatic rings. The second-order valence-corrected chi connectivity index (χ2v) is 8.68. The zero-order valence-corrected chi connectivity index (χ0v) is 16.3. The van der Waals surface area contributed by atoms with Gasteiger partial charge in [0.15, 0.2) is 0 Å². The van der Waals surface area contributed by atoms with Crippen molar-refractivity contribution in [1.82, 2.24) is 10.2 Å². The van der Waals surface area contributed by atoms with Crippen molar-refractivity contribution >= 4 is 5.97 Å². The molecule has 2 atom stereocenters. The third-order valence-electron chi connectivity index (χ3n) is 6.11. The number of hydrogen-bond acceptors (Lipinski definition) is 3. The van der Waals surface area contributed by atoms with E-state index in [4.69, 9.17) is 5.11 Å². The lowest BCUT2D eigenvalue weighted by atomic mass is 9.86. The highest BCUT2D eigenvalue weighted by molar-refractivity contribution is 5.70. The first kappa shape index (κ1) is 19.4. The molecule has 144 valence electrons. The molecule has 0 spiro atoms. The number of rotatable bonds is 6. The van der Waals surface area contributed by atoms with Crippen molar-refractivity contribution in [2.24, 2.45) is 17.8 Å². The highest BCUT2D eigenvalue weighted by Gasteiger charge is 2.26. The lowest BCUT2D eigenvalue weighted by molar-refractivity contribution is -0.142. The van der Waals surface area contributed by atoms with Crippen molar-refractivity contribution < 1.29 is 9.90 Å². The maximum absolute atomic E-state index is 11.1. The Labute approximate surface area is 158 Å². The van der Waals surface area contributed by atoms with Crippen molar-refractivity contribution in [2.45, 2.75) is 65.1 Å². The van der Waals surface area contributed by atoms with E-state index >= 15 is 0 Å². The van der Waals surface area contributed by atoms with Crippen LogP contribution < -0.4 is 5.32 Å². The number of hydrogen-bond donors (Lipinski definition) is 2. The molecule has 3 rings (SSSR count). The van der Waals surface area contributed by atoms with E-state index in [1.165, 1.54) is 30.6 Å². The fourth-order valence-corrected chi connectivity index (χ4v) is 4.85. The molecule has 2 unspecified atom stereocenters. The molecule has 1 aromatic rings. The maximum atomic E-state index is 11.1. The molecule has 2 fully saturated rings. The van der Waals surface area contributed by atoms with Gasteiger partial charge < -0.3 is 10.4 Å². The quantitative estimate of drug-likeness (QED) is 0.810. The van der Waals surface area contributed by atoms with Gasteiger partial charge in [0, 0.05) is 32.2 Å². The summed E-state index contributed by atoms with van der Waals surface area (Å²) in [5, 5.41) is 12.8. The number of carbonyl (C=O) groups is 1. The lowest BCUT2D eigenvalue weighted by Crippen LogP contribution is -2.38. The van der Waals surface area contributed by atoms with Crippen LogP contribution in [0.2, 0.25) is 0 Å². The third-order valence-corrected chi connectivity index (χ3v) is 6.11. The van der Waals surface area contributed by atoms with Crippen LogP contribution in [0, 0.1) is 17.8 Å². The fraction of sp³-hybridized carbons (Fsp3) is 0.682. The second kappa shape index (κ2) is 9.01. The first-order valence-electron chi connectivity index (χ1n) is 10.3. The van der Waals surface area contributed by atoms with Gasteiger partial charge in [-0.15, -0.1) is 0 Å². The number of nitrogens with zero attached hydrogens (tertiary/aromatic N) is 1. The summed E-state index contributed by atoms with van der Waals surface area (Å²) in [6.07, 6.45) is 4.90. The Kier molecular flexibility index (Phi) is 6.71. The number of aliphatic carboxylic acids is 1. The van der Waals surface area contributed by atoms with E-state index in [0.717, 1.165) is 50.6 Å². The largest absolute Gasteiger partial charge is 0.481 e. The first-order valence-corrected chi connectivity index (χ1v) is 10.3. The number of nitrogens with one attached hydrogen (secondary N) is 1. The van der Waals surface area contributed by atoms with E-state index in [0.29, 0.717) is 6.04 Å². The topological polar surface area (TPSA) is 52.6 Å². The Bertz CT molecular complexity index is 586. The van der Waals surface area contributed by atoms with Crippen LogP contribution in [0.1, 0.15) is 57.1 Å². The first-order chi connectivity index (χ1) is 12.5. The summed E-state index contributed by atoms with van der Waals surface area (Å²) in [7, 11) is 0. The van der Waals surface area contributed by atoms with Crippen LogP contribution in [0.25, 0.3) is 0 Å². The van der Waals surface area contributed by atoms with Crippen molar-refractivity contribution in [3.8, 4) is 0 Å². The molecular formula is C22H34N2O2. The van der Waals surface area contributed by atoms with Gasteiger partial charge in [0.05, 0.1) is 5.92 Å². The Morgan fingerprint density at radius 2 is 1.69 bits per heavy atom. The number of benzene rings is 1. The molecule has 2 N–H and O–H groups in total. The molecule has 4 heteroatoms. The van der Waals surface area contributed by atoms with Crippen LogP contribution in [-0.4, -0.2) is 35.1 Å². The summed E-state index contributed by atoms with van der Waals surface area (Å²) in [5.41, 5.74) is 2.82. The Balaban J connectivity index is 1.53. The maximum Gasteiger partial charge on any atom is 0.306 e. The van der Waals surface area contributed by atoms with Gasteiger partial charge in [-0.25, -0.2) is 0 Å². The van der Waals surface area contributed by atoms with Crippen molar-refractivity contribution in [2.75, 3.05) is 13.1 Å². The molecule has 1 saturated carbocycles. The van der Waals surface area contributed by atoms with Crippen molar-refractivity contribution in [1.29, 1.82) is 0 Å². The molecular weight excluding hydrogens is 324 g/mol. The standard InChI is InChI=1S/C22H34N2O2/c1-16-11-17(2)14-24(13-16)15-20-6-4-3-5-19(20)12-23-21-9-7-18(8-10-21)22(25)26/h3-6,16-18,21,23H,7-15H2,1-2H3,(H,25,26). The van der Waals surface area contributed by atoms with Gasteiger partial charge >= 0.3 is 5.97 Å². The van der Waals surface area contributed by atoms with Crippen molar-refractivity contribution in [3.05, 3.63) is 35.4 Å². The molecule has 1 aromatic carbocycles. The Hall–Kier alpha value is -1.39. The highest BCUT2D eigenvalue weighted by atomic mass is 16.4. The van der Waals surface area contributed by atoms with E-state index in [1.54, 1.807) is 0 Å². The minimum Gasteiger partial charge on any atom is -0.481 e. The summed E-state index contributed by atoms with van der Waals surface area (Å²) in [4.78, 5) is 13.7. The van der Waals surface area contributed by atoms with E-state index in [-0.39, 0.29) is 5.92 Å². The normalized spacial score (nSPS) is 30.2. The van der Waals surface area contributed by atoms with Crippen LogP contribution in [0.3, 0.4) is 0 Å². The van der Waals surface area contributed by atoms with Gasteiger partial charge in [-0.2, -0.15) is 0 Å². The number of carboxylic acid groups (broad SMARTS) is 1. The summed E-state index contributed by atoms with van der Waals surface area (Å²) < 4.78 is 0. The fourth-order valence-electron chi connectivity index (χ4n) is 4.85. The van der Waals surface area contributed by atoms with Crippen LogP contribution in [0.4, 0.5) is 0 Å². The number of piperidine rings is 1. The van der Waals surface area contributed by atoms with Gasteiger partial charge in [-0.05, 0) is 55.1 Å². The average molecular weight is 359 g/mol. The number of carboxylic acids is 1. The smallest absolute Gasteiger partial charge is 0.306 e. The molecule has 1 heterocycles. The predicted molar refractivity (Wildman–Crippen MR) is 105 cm³/mol.